The maximum atomic E-state index is 13.2. The van der Waals surface area contributed by atoms with Crippen LogP contribution in [0.1, 0.15) is 37.0 Å². The molecular formula is C26H41N5O10. The number of phenolic OH excluding ortho intramolecular Hbond substituents is 1. The van der Waals surface area contributed by atoms with Gasteiger partial charge in [-0.05, 0) is 30.9 Å². The third-order valence-electron chi connectivity index (χ3n) is 5.57. The molecule has 15 heteroatoms. The quantitative estimate of drug-likeness (QED) is 0.0936. The zero-order valence-electron chi connectivity index (χ0n) is 23.8. The van der Waals surface area contributed by atoms with Crippen LogP contribution >= 0.6 is 0 Å². The summed E-state index contributed by atoms with van der Waals surface area (Å²) < 4.78 is 20.0. The van der Waals surface area contributed by atoms with Crippen LogP contribution in [0.2, 0.25) is 0 Å². The van der Waals surface area contributed by atoms with Crippen LogP contribution in [0.25, 0.3) is 0 Å². The smallest absolute Gasteiger partial charge is 0.341 e. The predicted molar refractivity (Wildman–Crippen MR) is 147 cm³/mol. The van der Waals surface area contributed by atoms with E-state index in [4.69, 9.17) is 19.9 Å². The molecule has 0 bridgehead atoms. The topological polar surface area (TPSA) is 217 Å². The molecule has 0 aliphatic carbocycles. The first-order valence-corrected chi connectivity index (χ1v) is 13.0. The van der Waals surface area contributed by atoms with Crippen LogP contribution in [0, 0.1) is 5.92 Å². The molecule has 0 radical (unpaired) electrons. The fraction of sp³-hybridized carbons (Fsp3) is 0.577. The third kappa shape index (κ3) is 13.8. The number of methoxy groups -OCH3 is 2. The number of anilines is 1. The Bertz CT molecular complexity index is 1020. The number of esters is 1. The molecule has 1 aromatic rings. The average molecular weight is 584 g/mol. The summed E-state index contributed by atoms with van der Waals surface area (Å²) in [6, 6.07) is 1.03. The van der Waals surface area contributed by atoms with Crippen molar-refractivity contribution in [3.63, 3.8) is 0 Å². The molecule has 1 aromatic carbocycles. The second-order valence-electron chi connectivity index (χ2n) is 9.15. The third-order valence-corrected chi connectivity index (χ3v) is 5.57. The highest BCUT2D eigenvalue weighted by molar-refractivity contribution is 5.99. The van der Waals surface area contributed by atoms with Gasteiger partial charge in [0.25, 0.3) is 0 Å². The molecule has 0 heterocycles. The highest BCUT2D eigenvalue weighted by Gasteiger charge is 2.29. The molecule has 230 valence electrons. The van der Waals surface area contributed by atoms with Gasteiger partial charge in [-0.3, -0.25) is 14.4 Å². The first-order valence-electron chi connectivity index (χ1n) is 13.0. The van der Waals surface area contributed by atoms with Crippen molar-refractivity contribution in [1.29, 1.82) is 0 Å². The number of primary amides is 1. The predicted octanol–water partition coefficient (Wildman–Crippen LogP) is -0.129. The summed E-state index contributed by atoms with van der Waals surface area (Å²) in [5.74, 6) is -3.26. The molecular weight excluding hydrogens is 542 g/mol. The Hall–Kier alpha value is -3.95. The van der Waals surface area contributed by atoms with Crippen LogP contribution in [-0.4, -0.2) is 101 Å². The maximum absolute atomic E-state index is 13.2. The van der Waals surface area contributed by atoms with Gasteiger partial charge in [0.2, 0.25) is 17.7 Å². The molecule has 7 N–H and O–H groups in total. The Morgan fingerprint density at radius 3 is 2.24 bits per heavy atom. The second kappa shape index (κ2) is 19.2. The highest BCUT2D eigenvalue weighted by atomic mass is 16.5. The number of carbonyl (C=O) groups excluding carboxylic acids is 5. The summed E-state index contributed by atoms with van der Waals surface area (Å²) in [7, 11) is 2.72. The summed E-state index contributed by atoms with van der Waals surface area (Å²) >= 11 is 0. The van der Waals surface area contributed by atoms with E-state index in [1.54, 1.807) is 21.0 Å². The highest BCUT2D eigenvalue weighted by Crippen LogP contribution is 2.23. The number of rotatable bonds is 19. The van der Waals surface area contributed by atoms with E-state index in [2.05, 4.69) is 26.0 Å². The summed E-state index contributed by atoms with van der Waals surface area (Å²) in [5.41, 5.74) is 5.15. The molecule has 0 aliphatic heterocycles. The zero-order valence-corrected chi connectivity index (χ0v) is 23.8. The summed E-state index contributed by atoms with van der Waals surface area (Å²) in [4.78, 5) is 61.4. The van der Waals surface area contributed by atoms with E-state index in [1.807, 2.05) is 0 Å². The van der Waals surface area contributed by atoms with Crippen LogP contribution in [-0.2, 0) is 33.3 Å². The fourth-order valence-corrected chi connectivity index (χ4v) is 3.45. The second-order valence-corrected chi connectivity index (χ2v) is 9.15. The number of aromatic hydroxyl groups is 1. The fourth-order valence-electron chi connectivity index (χ4n) is 3.45. The molecule has 0 spiro atoms. The van der Waals surface area contributed by atoms with E-state index in [9.17, 15) is 29.1 Å². The lowest BCUT2D eigenvalue weighted by molar-refractivity contribution is -0.134. The van der Waals surface area contributed by atoms with Gasteiger partial charge in [0.1, 0.15) is 30.0 Å². The van der Waals surface area contributed by atoms with Crippen LogP contribution in [0.3, 0.4) is 0 Å². The number of amides is 5. The molecule has 0 fully saturated rings. The number of nitrogens with one attached hydrogen (secondary N) is 4. The Balaban J connectivity index is 2.85. The minimum Gasteiger partial charge on any atom is -0.507 e. The van der Waals surface area contributed by atoms with E-state index < -0.39 is 47.6 Å². The molecule has 0 aliphatic rings. The Morgan fingerprint density at radius 2 is 1.63 bits per heavy atom. The largest absolute Gasteiger partial charge is 0.507 e. The Labute approximate surface area is 238 Å². The normalized spacial score (nSPS) is 12.2. The van der Waals surface area contributed by atoms with E-state index in [-0.39, 0.29) is 56.4 Å². The van der Waals surface area contributed by atoms with Crippen molar-refractivity contribution in [3.8, 4) is 5.75 Å². The molecule has 41 heavy (non-hydrogen) atoms. The van der Waals surface area contributed by atoms with Crippen LogP contribution in [0.5, 0.6) is 5.75 Å². The minimum atomic E-state index is -1.08. The van der Waals surface area contributed by atoms with Gasteiger partial charge in [0, 0.05) is 25.4 Å². The first-order chi connectivity index (χ1) is 19.5. The molecule has 5 amide bonds. The molecule has 0 saturated heterocycles. The number of benzene rings is 1. The Morgan fingerprint density at radius 1 is 0.951 bits per heavy atom. The van der Waals surface area contributed by atoms with Gasteiger partial charge in [0.05, 0.1) is 33.5 Å². The standard InChI is InChI=1S/C26H41N5O10/c1-16(2)22(31-21(33)15-41-13-12-40-11-10-38-3)24(35)30-19(6-5-9-28-26(27)37)23(34)29-17-7-8-18(20(32)14-17)25(36)39-4/h7-8,14,16,19,22,32H,5-6,9-13,15H2,1-4H3,(H,29,34)(H,30,35)(H,31,33)(H3,27,28,37)/t19-,22-/m0/s1. The van der Waals surface area contributed by atoms with Gasteiger partial charge in [0.15, 0.2) is 0 Å². The number of hydrogen-bond acceptors (Lipinski definition) is 10. The van der Waals surface area contributed by atoms with Gasteiger partial charge >= 0.3 is 12.0 Å². The SMILES string of the molecule is COCCOCCOCC(=O)N[C@H](C(=O)N[C@@H](CCCNC(N)=O)C(=O)Nc1ccc(C(=O)OC)c(O)c1)C(C)C. The van der Waals surface area contributed by atoms with Crippen molar-refractivity contribution in [3.05, 3.63) is 23.8 Å². The average Bonchev–Trinajstić information content (AvgIpc) is 2.92. The van der Waals surface area contributed by atoms with Crippen LogP contribution < -0.4 is 27.0 Å². The van der Waals surface area contributed by atoms with E-state index in [1.165, 1.54) is 19.2 Å². The molecule has 15 nitrogen and oxygen atoms in total. The zero-order chi connectivity index (χ0) is 30.8. The summed E-state index contributed by atoms with van der Waals surface area (Å²) in [6.07, 6.45) is 0.391. The minimum absolute atomic E-state index is 0.0917. The van der Waals surface area contributed by atoms with Crippen molar-refractivity contribution >= 4 is 35.4 Å². The lowest BCUT2D eigenvalue weighted by Crippen LogP contribution is -2.55. The lowest BCUT2D eigenvalue weighted by atomic mass is 10.0. The molecule has 0 unspecified atom stereocenters. The summed E-state index contributed by atoms with van der Waals surface area (Å²) in [5, 5.41) is 20.4. The van der Waals surface area contributed by atoms with Crippen LogP contribution in [0.4, 0.5) is 10.5 Å². The molecule has 0 aromatic heterocycles. The van der Waals surface area contributed by atoms with E-state index in [0.29, 0.717) is 13.2 Å². The van der Waals surface area contributed by atoms with E-state index >= 15 is 0 Å². The molecule has 1 rings (SSSR count). The van der Waals surface area contributed by atoms with Crippen molar-refractivity contribution in [2.75, 3.05) is 59.1 Å². The number of carbonyl (C=O) groups is 5. The monoisotopic (exact) mass is 583 g/mol. The molecule has 0 saturated carbocycles. The number of ether oxygens (including phenoxy) is 4. The van der Waals surface area contributed by atoms with Gasteiger partial charge in [-0.15, -0.1) is 0 Å². The van der Waals surface area contributed by atoms with Gasteiger partial charge < -0.3 is 51.1 Å². The van der Waals surface area contributed by atoms with Crippen molar-refractivity contribution in [2.45, 2.75) is 38.8 Å². The first kappa shape index (κ1) is 35.1. The van der Waals surface area contributed by atoms with E-state index in [0.717, 1.165) is 6.07 Å². The van der Waals surface area contributed by atoms with Gasteiger partial charge in [-0.2, -0.15) is 0 Å². The lowest BCUT2D eigenvalue weighted by Gasteiger charge is -2.25. The number of nitrogens with two attached hydrogens (primary N) is 1. The van der Waals surface area contributed by atoms with Crippen molar-refractivity contribution in [1.82, 2.24) is 16.0 Å². The number of phenols is 1. The number of hydrogen-bond donors (Lipinski definition) is 6. The number of urea groups is 1. The summed E-state index contributed by atoms with van der Waals surface area (Å²) in [6.45, 7) is 4.60. The van der Waals surface area contributed by atoms with Crippen molar-refractivity contribution in [2.24, 2.45) is 11.7 Å². The van der Waals surface area contributed by atoms with Gasteiger partial charge in [-0.25, -0.2) is 9.59 Å². The van der Waals surface area contributed by atoms with Crippen LogP contribution in [0.15, 0.2) is 18.2 Å². The van der Waals surface area contributed by atoms with Crippen molar-refractivity contribution < 1.29 is 48.0 Å². The Kier molecular flexibility index (Phi) is 16.4. The maximum Gasteiger partial charge on any atom is 0.341 e. The van der Waals surface area contributed by atoms with Gasteiger partial charge in [-0.1, -0.05) is 13.8 Å². The molecule has 2 atom stereocenters.